The van der Waals surface area contributed by atoms with E-state index in [0.29, 0.717) is 19.5 Å². The van der Waals surface area contributed by atoms with E-state index in [0.717, 1.165) is 18.2 Å². The SMILES string of the molecule is NC(=O)C(NC(=O)c1cccc(C(F)(F)F)c1)C1CCNC1. The Hall–Kier alpha value is -2.09. The quantitative estimate of drug-likeness (QED) is 0.772. The molecule has 1 heterocycles. The largest absolute Gasteiger partial charge is 0.416 e. The molecule has 0 radical (unpaired) electrons. The van der Waals surface area contributed by atoms with Gasteiger partial charge >= 0.3 is 6.18 Å². The summed E-state index contributed by atoms with van der Waals surface area (Å²) in [6.07, 6.45) is -3.87. The van der Waals surface area contributed by atoms with E-state index in [1.165, 1.54) is 6.07 Å². The van der Waals surface area contributed by atoms with Crippen molar-refractivity contribution in [1.82, 2.24) is 10.6 Å². The van der Waals surface area contributed by atoms with Gasteiger partial charge in [-0.15, -0.1) is 0 Å². The van der Waals surface area contributed by atoms with Gasteiger partial charge in [-0.3, -0.25) is 9.59 Å². The minimum atomic E-state index is -4.53. The molecule has 0 aromatic heterocycles. The Morgan fingerprint density at radius 3 is 2.64 bits per heavy atom. The van der Waals surface area contributed by atoms with Gasteiger partial charge in [-0.2, -0.15) is 13.2 Å². The van der Waals surface area contributed by atoms with Crippen LogP contribution in [0.2, 0.25) is 0 Å². The first-order chi connectivity index (χ1) is 10.3. The van der Waals surface area contributed by atoms with Crippen molar-refractivity contribution in [3.05, 3.63) is 35.4 Å². The summed E-state index contributed by atoms with van der Waals surface area (Å²) in [5.74, 6) is -1.61. The molecule has 0 bridgehead atoms. The third-order valence-electron chi connectivity index (χ3n) is 3.62. The number of nitrogens with two attached hydrogens (primary N) is 1. The maximum absolute atomic E-state index is 12.7. The number of alkyl halides is 3. The van der Waals surface area contributed by atoms with Gasteiger partial charge in [-0.05, 0) is 31.2 Å². The molecule has 1 saturated heterocycles. The highest BCUT2D eigenvalue weighted by Crippen LogP contribution is 2.29. The van der Waals surface area contributed by atoms with E-state index in [9.17, 15) is 22.8 Å². The van der Waals surface area contributed by atoms with Crippen LogP contribution in [0.15, 0.2) is 24.3 Å². The molecule has 1 aliphatic rings. The molecule has 8 heteroatoms. The first kappa shape index (κ1) is 16.3. The predicted octanol–water partition coefficient (Wildman–Crippen LogP) is 0.899. The Labute approximate surface area is 125 Å². The van der Waals surface area contributed by atoms with Gasteiger partial charge in [0.2, 0.25) is 5.91 Å². The highest BCUT2D eigenvalue weighted by atomic mass is 19.4. The molecule has 1 aromatic rings. The molecule has 5 nitrogen and oxygen atoms in total. The van der Waals surface area contributed by atoms with E-state index < -0.39 is 29.6 Å². The Balaban J connectivity index is 2.15. The lowest BCUT2D eigenvalue weighted by molar-refractivity contribution is -0.137. The third-order valence-corrected chi connectivity index (χ3v) is 3.62. The van der Waals surface area contributed by atoms with Gasteiger partial charge in [-0.25, -0.2) is 0 Å². The number of nitrogens with one attached hydrogen (secondary N) is 2. The Morgan fingerprint density at radius 2 is 2.09 bits per heavy atom. The van der Waals surface area contributed by atoms with Gasteiger partial charge < -0.3 is 16.4 Å². The summed E-state index contributed by atoms with van der Waals surface area (Å²) >= 11 is 0. The van der Waals surface area contributed by atoms with E-state index >= 15 is 0 Å². The summed E-state index contributed by atoms with van der Waals surface area (Å²) in [5.41, 5.74) is 4.20. The normalized spacial score (nSPS) is 19.7. The molecule has 120 valence electrons. The molecule has 1 aliphatic heterocycles. The molecule has 2 amide bonds. The summed E-state index contributed by atoms with van der Waals surface area (Å²) in [5, 5.41) is 5.47. The average molecular weight is 315 g/mol. The van der Waals surface area contributed by atoms with Crippen LogP contribution in [0.3, 0.4) is 0 Å². The number of primary amides is 1. The number of carbonyl (C=O) groups is 2. The van der Waals surface area contributed by atoms with Crippen molar-refractivity contribution in [2.24, 2.45) is 11.7 Å². The van der Waals surface area contributed by atoms with E-state index in [-0.39, 0.29) is 11.5 Å². The van der Waals surface area contributed by atoms with E-state index in [1.54, 1.807) is 0 Å². The molecule has 0 saturated carbocycles. The van der Waals surface area contributed by atoms with E-state index in [4.69, 9.17) is 5.73 Å². The van der Waals surface area contributed by atoms with Crippen LogP contribution in [0.1, 0.15) is 22.3 Å². The topological polar surface area (TPSA) is 84.2 Å². The molecular formula is C14H16F3N3O2. The van der Waals surface area contributed by atoms with Crippen molar-refractivity contribution in [2.45, 2.75) is 18.6 Å². The second-order valence-corrected chi connectivity index (χ2v) is 5.18. The van der Waals surface area contributed by atoms with Crippen LogP contribution >= 0.6 is 0 Å². The average Bonchev–Trinajstić information content (AvgIpc) is 2.97. The molecule has 2 atom stereocenters. The van der Waals surface area contributed by atoms with Crippen molar-refractivity contribution in [1.29, 1.82) is 0 Å². The van der Waals surface area contributed by atoms with Crippen LogP contribution < -0.4 is 16.4 Å². The summed E-state index contributed by atoms with van der Waals surface area (Å²) in [7, 11) is 0. The van der Waals surface area contributed by atoms with Gasteiger partial charge in [0.25, 0.3) is 5.91 Å². The van der Waals surface area contributed by atoms with Crippen LogP contribution in [0.5, 0.6) is 0 Å². The summed E-state index contributed by atoms with van der Waals surface area (Å²) < 4.78 is 38.0. The number of hydrogen-bond donors (Lipinski definition) is 3. The van der Waals surface area contributed by atoms with Crippen LogP contribution in [-0.2, 0) is 11.0 Å². The number of benzene rings is 1. The van der Waals surface area contributed by atoms with E-state index in [2.05, 4.69) is 10.6 Å². The molecule has 1 fully saturated rings. The van der Waals surface area contributed by atoms with Crippen molar-refractivity contribution in [2.75, 3.05) is 13.1 Å². The van der Waals surface area contributed by atoms with E-state index in [1.807, 2.05) is 0 Å². The molecule has 4 N–H and O–H groups in total. The van der Waals surface area contributed by atoms with Crippen molar-refractivity contribution >= 4 is 11.8 Å². The zero-order chi connectivity index (χ0) is 16.3. The Bertz CT molecular complexity index is 569. The molecule has 0 spiro atoms. The van der Waals surface area contributed by atoms with Gasteiger partial charge in [0.1, 0.15) is 6.04 Å². The van der Waals surface area contributed by atoms with Crippen molar-refractivity contribution in [3.8, 4) is 0 Å². The van der Waals surface area contributed by atoms with Crippen LogP contribution in [0.4, 0.5) is 13.2 Å². The Kier molecular flexibility index (Phi) is 4.70. The number of hydrogen-bond acceptors (Lipinski definition) is 3. The molecule has 1 aromatic carbocycles. The standard InChI is InChI=1S/C14H16F3N3O2/c15-14(16,17)10-3-1-2-8(6-10)13(22)20-11(12(18)21)9-4-5-19-7-9/h1-3,6,9,11,19H,4-5,7H2,(H2,18,21)(H,20,22). The highest BCUT2D eigenvalue weighted by molar-refractivity contribution is 5.97. The van der Waals surface area contributed by atoms with Crippen molar-refractivity contribution in [3.63, 3.8) is 0 Å². The number of halogens is 3. The summed E-state index contributed by atoms with van der Waals surface area (Å²) in [4.78, 5) is 23.6. The molecule has 0 aliphatic carbocycles. The zero-order valence-corrected chi connectivity index (χ0v) is 11.6. The summed E-state index contributed by atoms with van der Waals surface area (Å²) in [6, 6.07) is 3.13. The number of carbonyl (C=O) groups excluding carboxylic acids is 2. The lowest BCUT2D eigenvalue weighted by Crippen LogP contribution is -2.49. The van der Waals surface area contributed by atoms with Gasteiger partial charge in [0, 0.05) is 18.0 Å². The van der Waals surface area contributed by atoms with Gasteiger partial charge in [-0.1, -0.05) is 6.07 Å². The fraction of sp³-hybridized carbons (Fsp3) is 0.429. The molecular weight excluding hydrogens is 299 g/mol. The number of amides is 2. The predicted molar refractivity (Wildman–Crippen MR) is 72.9 cm³/mol. The maximum atomic E-state index is 12.7. The maximum Gasteiger partial charge on any atom is 0.416 e. The van der Waals surface area contributed by atoms with Crippen LogP contribution in [0.25, 0.3) is 0 Å². The van der Waals surface area contributed by atoms with Gasteiger partial charge in [0.05, 0.1) is 5.56 Å². The first-order valence-corrected chi connectivity index (χ1v) is 6.77. The highest BCUT2D eigenvalue weighted by Gasteiger charge is 2.33. The second kappa shape index (κ2) is 6.35. The molecule has 2 rings (SSSR count). The van der Waals surface area contributed by atoms with Crippen LogP contribution in [-0.4, -0.2) is 30.9 Å². The minimum absolute atomic E-state index is 0.160. The lowest BCUT2D eigenvalue weighted by atomic mass is 9.97. The zero-order valence-electron chi connectivity index (χ0n) is 11.6. The lowest BCUT2D eigenvalue weighted by Gasteiger charge is -2.21. The van der Waals surface area contributed by atoms with Gasteiger partial charge in [0.15, 0.2) is 0 Å². The minimum Gasteiger partial charge on any atom is -0.368 e. The fourth-order valence-corrected chi connectivity index (χ4v) is 2.44. The monoisotopic (exact) mass is 315 g/mol. The number of rotatable bonds is 4. The summed E-state index contributed by atoms with van der Waals surface area (Å²) in [6.45, 7) is 1.23. The Morgan fingerprint density at radius 1 is 1.36 bits per heavy atom. The smallest absolute Gasteiger partial charge is 0.368 e. The molecule has 2 unspecified atom stereocenters. The third kappa shape index (κ3) is 3.76. The second-order valence-electron chi connectivity index (χ2n) is 5.18. The fourth-order valence-electron chi connectivity index (χ4n) is 2.44. The first-order valence-electron chi connectivity index (χ1n) is 6.77. The molecule has 22 heavy (non-hydrogen) atoms. The van der Waals surface area contributed by atoms with Crippen molar-refractivity contribution < 1.29 is 22.8 Å². The van der Waals surface area contributed by atoms with Crippen LogP contribution in [0, 0.1) is 5.92 Å².